The second-order valence-corrected chi connectivity index (χ2v) is 6.79. The lowest BCUT2D eigenvalue weighted by molar-refractivity contribution is 0.127. The second kappa shape index (κ2) is 7.79. The smallest absolute Gasteiger partial charge is 0.318 e. The summed E-state index contributed by atoms with van der Waals surface area (Å²) >= 11 is 0. The van der Waals surface area contributed by atoms with E-state index in [9.17, 15) is 4.79 Å². The number of carbonyl (C=O) groups is 1. The highest BCUT2D eigenvalue weighted by Gasteiger charge is 2.33. The summed E-state index contributed by atoms with van der Waals surface area (Å²) in [6, 6.07) is 0.305. The molecule has 23 heavy (non-hydrogen) atoms. The minimum Gasteiger partial charge on any atom is -0.337 e. The van der Waals surface area contributed by atoms with Crippen molar-refractivity contribution in [1.82, 2.24) is 20.4 Å². The van der Waals surface area contributed by atoms with E-state index in [2.05, 4.69) is 22.4 Å². The van der Waals surface area contributed by atoms with Crippen LogP contribution in [0, 0.1) is 0 Å². The summed E-state index contributed by atoms with van der Waals surface area (Å²) in [5, 5.41) is 7.26. The van der Waals surface area contributed by atoms with Crippen molar-refractivity contribution in [1.29, 1.82) is 0 Å². The van der Waals surface area contributed by atoms with Gasteiger partial charge in [-0.2, -0.15) is 4.98 Å². The monoisotopic (exact) mass is 320 g/mol. The number of aromatic nitrogens is 2. The predicted octanol–water partition coefficient (Wildman–Crippen LogP) is 3.59. The van der Waals surface area contributed by atoms with Crippen LogP contribution in [0.5, 0.6) is 0 Å². The first-order valence-corrected chi connectivity index (χ1v) is 9.17. The molecule has 1 N–H and O–H groups in total. The van der Waals surface area contributed by atoms with Crippen LogP contribution in [0.2, 0.25) is 0 Å². The molecule has 6 nitrogen and oxygen atoms in total. The van der Waals surface area contributed by atoms with Gasteiger partial charge in [0.15, 0.2) is 5.82 Å². The highest BCUT2D eigenvalue weighted by Crippen LogP contribution is 2.30. The SMILES string of the molecule is CCCc1noc([C@H]2CCCCN2C(=O)NC2CCCCC2)n1. The lowest BCUT2D eigenvalue weighted by Crippen LogP contribution is -2.48. The number of amides is 2. The first kappa shape index (κ1) is 16.3. The van der Waals surface area contributed by atoms with Crippen LogP contribution in [0.15, 0.2) is 4.52 Å². The Kier molecular flexibility index (Phi) is 5.51. The van der Waals surface area contributed by atoms with Gasteiger partial charge in [-0.1, -0.05) is 31.3 Å². The summed E-state index contributed by atoms with van der Waals surface area (Å²) < 4.78 is 5.44. The van der Waals surface area contributed by atoms with E-state index in [0.717, 1.165) is 57.3 Å². The first-order valence-electron chi connectivity index (χ1n) is 9.17. The van der Waals surface area contributed by atoms with Crippen molar-refractivity contribution < 1.29 is 9.32 Å². The summed E-state index contributed by atoms with van der Waals surface area (Å²) in [6.07, 6.45) is 10.8. The molecule has 1 aromatic rings. The predicted molar refractivity (Wildman–Crippen MR) is 87.0 cm³/mol. The highest BCUT2D eigenvalue weighted by atomic mass is 16.5. The Morgan fingerprint density at radius 2 is 2.00 bits per heavy atom. The molecule has 2 fully saturated rings. The van der Waals surface area contributed by atoms with E-state index in [1.165, 1.54) is 19.3 Å². The van der Waals surface area contributed by atoms with Crippen LogP contribution < -0.4 is 5.32 Å². The van der Waals surface area contributed by atoms with Gasteiger partial charge in [-0.3, -0.25) is 0 Å². The maximum absolute atomic E-state index is 12.7. The second-order valence-electron chi connectivity index (χ2n) is 6.79. The van der Waals surface area contributed by atoms with E-state index < -0.39 is 0 Å². The van der Waals surface area contributed by atoms with E-state index in [0.29, 0.717) is 11.9 Å². The van der Waals surface area contributed by atoms with Gasteiger partial charge in [-0.15, -0.1) is 0 Å². The summed E-state index contributed by atoms with van der Waals surface area (Å²) in [5.74, 6) is 1.35. The summed E-state index contributed by atoms with van der Waals surface area (Å²) in [6.45, 7) is 2.87. The molecule has 1 aliphatic heterocycles. The number of nitrogens with zero attached hydrogens (tertiary/aromatic N) is 3. The molecule has 2 aliphatic rings. The maximum Gasteiger partial charge on any atom is 0.318 e. The molecule has 3 rings (SSSR count). The lowest BCUT2D eigenvalue weighted by atomic mass is 9.95. The van der Waals surface area contributed by atoms with Gasteiger partial charge >= 0.3 is 6.03 Å². The van der Waals surface area contributed by atoms with Crippen molar-refractivity contribution in [2.75, 3.05) is 6.54 Å². The van der Waals surface area contributed by atoms with Gasteiger partial charge in [-0.25, -0.2) is 4.79 Å². The third kappa shape index (κ3) is 4.03. The molecule has 1 saturated heterocycles. The molecule has 1 atom stereocenters. The summed E-state index contributed by atoms with van der Waals surface area (Å²) in [5.41, 5.74) is 0. The number of piperidine rings is 1. The molecule has 0 unspecified atom stereocenters. The van der Waals surface area contributed by atoms with Crippen molar-refractivity contribution in [3.63, 3.8) is 0 Å². The number of likely N-dealkylation sites (tertiary alicyclic amines) is 1. The van der Waals surface area contributed by atoms with Crippen LogP contribution in [0.1, 0.15) is 82.5 Å². The number of hydrogen-bond donors (Lipinski definition) is 1. The molecule has 1 aromatic heterocycles. The third-order valence-electron chi connectivity index (χ3n) is 4.94. The van der Waals surface area contributed by atoms with Crippen LogP contribution in [0.3, 0.4) is 0 Å². The Hall–Kier alpha value is -1.59. The first-order chi connectivity index (χ1) is 11.3. The van der Waals surface area contributed by atoms with Crippen molar-refractivity contribution in [2.45, 2.75) is 83.2 Å². The largest absolute Gasteiger partial charge is 0.337 e. The normalized spacial score (nSPS) is 23.0. The van der Waals surface area contributed by atoms with E-state index in [1.54, 1.807) is 0 Å². The molecule has 0 radical (unpaired) electrons. The number of carbonyl (C=O) groups excluding carboxylic acids is 1. The fourth-order valence-corrected chi connectivity index (χ4v) is 3.66. The molecule has 2 amide bonds. The minimum atomic E-state index is -0.0644. The minimum absolute atomic E-state index is 0.0387. The van der Waals surface area contributed by atoms with Gasteiger partial charge < -0.3 is 14.7 Å². The van der Waals surface area contributed by atoms with Crippen LogP contribution >= 0.6 is 0 Å². The molecule has 0 spiro atoms. The number of hydrogen-bond acceptors (Lipinski definition) is 4. The highest BCUT2D eigenvalue weighted by molar-refractivity contribution is 5.75. The zero-order valence-corrected chi connectivity index (χ0v) is 14.1. The maximum atomic E-state index is 12.7. The van der Waals surface area contributed by atoms with Gasteiger partial charge in [0.1, 0.15) is 6.04 Å². The average Bonchev–Trinajstić information content (AvgIpc) is 3.05. The summed E-state index contributed by atoms with van der Waals surface area (Å²) in [4.78, 5) is 19.1. The molecule has 6 heteroatoms. The quantitative estimate of drug-likeness (QED) is 0.920. The van der Waals surface area contributed by atoms with Gasteiger partial charge in [-0.05, 0) is 38.5 Å². The van der Waals surface area contributed by atoms with E-state index in [-0.39, 0.29) is 12.1 Å². The Balaban J connectivity index is 1.66. The Labute approximate surface area is 138 Å². The molecule has 0 aromatic carbocycles. The van der Waals surface area contributed by atoms with Crippen molar-refractivity contribution in [3.05, 3.63) is 11.7 Å². The lowest BCUT2D eigenvalue weighted by Gasteiger charge is -2.35. The van der Waals surface area contributed by atoms with Crippen LogP contribution in [-0.2, 0) is 6.42 Å². The molecule has 2 heterocycles. The van der Waals surface area contributed by atoms with Gasteiger partial charge in [0.25, 0.3) is 0 Å². The molecule has 128 valence electrons. The molecular formula is C17H28N4O2. The standard InChI is InChI=1S/C17H28N4O2/c1-2-8-15-19-16(23-20-15)14-11-6-7-12-21(14)17(22)18-13-9-4-3-5-10-13/h13-14H,2-12H2,1H3,(H,18,22)/t14-/m1/s1. The van der Waals surface area contributed by atoms with E-state index in [1.807, 2.05) is 4.90 Å². The number of aryl methyl sites for hydroxylation is 1. The number of nitrogens with one attached hydrogen (secondary N) is 1. The molecule has 1 aliphatic carbocycles. The number of rotatable bonds is 4. The molecular weight excluding hydrogens is 292 g/mol. The zero-order chi connectivity index (χ0) is 16.1. The topological polar surface area (TPSA) is 71.3 Å². The van der Waals surface area contributed by atoms with E-state index >= 15 is 0 Å². The van der Waals surface area contributed by atoms with Gasteiger partial charge in [0.05, 0.1) is 0 Å². The third-order valence-corrected chi connectivity index (χ3v) is 4.94. The Bertz CT molecular complexity index is 510. The van der Waals surface area contributed by atoms with Crippen molar-refractivity contribution in [2.24, 2.45) is 0 Å². The molecule has 1 saturated carbocycles. The zero-order valence-electron chi connectivity index (χ0n) is 14.1. The fraction of sp³-hybridized carbons (Fsp3) is 0.824. The fourth-order valence-electron chi connectivity index (χ4n) is 3.66. The summed E-state index contributed by atoms with van der Waals surface area (Å²) in [7, 11) is 0. The van der Waals surface area contributed by atoms with Gasteiger partial charge in [0, 0.05) is 19.0 Å². The van der Waals surface area contributed by atoms with Crippen LogP contribution in [0.25, 0.3) is 0 Å². The van der Waals surface area contributed by atoms with Gasteiger partial charge in [0.2, 0.25) is 5.89 Å². The van der Waals surface area contributed by atoms with Crippen molar-refractivity contribution in [3.8, 4) is 0 Å². The average molecular weight is 320 g/mol. The van der Waals surface area contributed by atoms with Crippen LogP contribution in [0.4, 0.5) is 4.79 Å². The van der Waals surface area contributed by atoms with Crippen LogP contribution in [-0.4, -0.2) is 33.7 Å². The Morgan fingerprint density at radius 1 is 1.22 bits per heavy atom. The van der Waals surface area contributed by atoms with Crippen molar-refractivity contribution >= 4 is 6.03 Å². The Morgan fingerprint density at radius 3 is 2.78 bits per heavy atom. The molecule has 0 bridgehead atoms. The number of urea groups is 1. The van der Waals surface area contributed by atoms with E-state index in [4.69, 9.17) is 4.52 Å².